The monoisotopic (exact) mass is 450 g/mol. The molecule has 33 heavy (non-hydrogen) atoms. The number of ether oxygens (including phenoxy) is 2. The predicted molar refractivity (Wildman–Crippen MR) is 126 cm³/mol. The average Bonchev–Trinajstić information content (AvgIpc) is 2.84. The number of methoxy groups -OCH3 is 1. The van der Waals surface area contributed by atoms with Gasteiger partial charge in [-0.2, -0.15) is 0 Å². The van der Waals surface area contributed by atoms with Crippen LogP contribution in [-0.2, 0) is 17.6 Å². The molecule has 0 aliphatic carbocycles. The van der Waals surface area contributed by atoms with Crippen LogP contribution in [-0.4, -0.2) is 40.8 Å². The SMILES string of the molecule is CC[C@H](C)Oc1ccc(-c2nnc(CCC(=O)NCCc3ccccc3OC)c(=O)[nH]2)cc1. The van der Waals surface area contributed by atoms with Gasteiger partial charge in [0.25, 0.3) is 5.56 Å². The number of amides is 1. The summed E-state index contributed by atoms with van der Waals surface area (Å²) in [6, 6.07) is 15.0. The van der Waals surface area contributed by atoms with Crippen LogP contribution in [0.25, 0.3) is 11.4 Å². The Morgan fingerprint density at radius 2 is 1.85 bits per heavy atom. The molecule has 0 aliphatic heterocycles. The minimum absolute atomic E-state index is 0.133. The molecule has 0 radical (unpaired) electrons. The largest absolute Gasteiger partial charge is 0.496 e. The van der Waals surface area contributed by atoms with Crippen LogP contribution in [0, 0.1) is 0 Å². The number of rotatable bonds is 11. The Bertz CT molecular complexity index is 1110. The van der Waals surface area contributed by atoms with Gasteiger partial charge in [-0.1, -0.05) is 25.1 Å². The highest BCUT2D eigenvalue weighted by Crippen LogP contribution is 2.20. The molecule has 0 bridgehead atoms. The van der Waals surface area contributed by atoms with Crippen LogP contribution < -0.4 is 20.3 Å². The predicted octanol–water partition coefficient (Wildman–Crippen LogP) is 3.31. The maximum atomic E-state index is 12.4. The molecule has 8 nitrogen and oxygen atoms in total. The molecular weight excluding hydrogens is 420 g/mol. The highest BCUT2D eigenvalue weighted by Gasteiger charge is 2.10. The second-order valence-electron chi connectivity index (χ2n) is 7.72. The Balaban J connectivity index is 1.51. The van der Waals surface area contributed by atoms with Crippen LogP contribution in [0.2, 0.25) is 0 Å². The van der Waals surface area contributed by atoms with Gasteiger partial charge in [-0.05, 0) is 55.7 Å². The highest BCUT2D eigenvalue weighted by atomic mass is 16.5. The van der Waals surface area contributed by atoms with Crippen LogP contribution in [0.4, 0.5) is 0 Å². The summed E-state index contributed by atoms with van der Waals surface area (Å²) in [5, 5.41) is 11.0. The van der Waals surface area contributed by atoms with Crippen molar-refractivity contribution in [2.45, 2.75) is 45.6 Å². The zero-order valence-corrected chi connectivity index (χ0v) is 19.3. The molecule has 8 heteroatoms. The van der Waals surface area contributed by atoms with Crippen LogP contribution in [0.15, 0.2) is 53.3 Å². The van der Waals surface area contributed by atoms with Gasteiger partial charge in [0, 0.05) is 24.9 Å². The third-order valence-corrected chi connectivity index (χ3v) is 5.30. The number of aromatic nitrogens is 3. The summed E-state index contributed by atoms with van der Waals surface area (Å²) < 4.78 is 11.1. The molecule has 0 aliphatic rings. The number of aryl methyl sites for hydroxylation is 1. The van der Waals surface area contributed by atoms with Crippen molar-refractivity contribution in [3.8, 4) is 22.9 Å². The van der Waals surface area contributed by atoms with Gasteiger partial charge in [-0.3, -0.25) is 9.59 Å². The molecule has 0 fully saturated rings. The smallest absolute Gasteiger partial charge is 0.273 e. The fourth-order valence-electron chi connectivity index (χ4n) is 3.23. The topological polar surface area (TPSA) is 106 Å². The Morgan fingerprint density at radius 3 is 2.55 bits per heavy atom. The van der Waals surface area contributed by atoms with E-state index < -0.39 is 0 Å². The zero-order valence-electron chi connectivity index (χ0n) is 19.3. The van der Waals surface area contributed by atoms with E-state index in [0.29, 0.717) is 18.8 Å². The molecule has 174 valence electrons. The molecule has 2 N–H and O–H groups in total. The number of para-hydroxylation sites is 1. The van der Waals surface area contributed by atoms with E-state index in [9.17, 15) is 9.59 Å². The fourth-order valence-corrected chi connectivity index (χ4v) is 3.23. The number of carbonyl (C=O) groups is 1. The first kappa shape index (κ1) is 24.0. The number of nitrogens with one attached hydrogen (secondary N) is 2. The first-order chi connectivity index (χ1) is 16.0. The number of nitrogens with zero attached hydrogens (tertiary/aromatic N) is 2. The van der Waals surface area contributed by atoms with E-state index in [1.165, 1.54) is 0 Å². The molecule has 0 unspecified atom stereocenters. The lowest BCUT2D eigenvalue weighted by Crippen LogP contribution is -2.27. The standard InChI is InChI=1S/C25H30N4O4/c1-4-17(2)33-20-11-9-19(10-12-20)24-27-25(31)21(28-29-24)13-14-23(30)26-16-15-18-7-5-6-8-22(18)32-3/h5-12,17H,4,13-16H2,1-3H3,(H,26,30)(H,27,29,31)/t17-/m0/s1. The van der Waals surface area contributed by atoms with Crippen LogP contribution in [0.3, 0.4) is 0 Å². The van der Waals surface area contributed by atoms with Crippen molar-refractivity contribution in [1.82, 2.24) is 20.5 Å². The number of carbonyl (C=O) groups excluding carboxylic acids is 1. The number of H-pyrrole nitrogens is 1. The molecule has 3 rings (SSSR count). The normalized spacial score (nSPS) is 11.6. The summed E-state index contributed by atoms with van der Waals surface area (Å²) in [5.74, 6) is 1.79. The fraction of sp³-hybridized carbons (Fsp3) is 0.360. The lowest BCUT2D eigenvalue weighted by atomic mass is 10.1. The average molecular weight is 451 g/mol. The van der Waals surface area contributed by atoms with Gasteiger partial charge >= 0.3 is 0 Å². The molecule has 1 amide bonds. The Morgan fingerprint density at radius 1 is 1.09 bits per heavy atom. The van der Waals surface area contributed by atoms with E-state index in [1.807, 2.05) is 55.5 Å². The number of hydrogen-bond donors (Lipinski definition) is 2. The molecule has 2 aromatic carbocycles. The Hall–Kier alpha value is -3.68. The zero-order chi connectivity index (χ0) is 23.6. The molecular formula is C25H30N4O4. The summed E-state index contributed by atoms with van der Waals surface area (Å²) in [4.78, 5) is 27.3. The van der Waals surface area contributed by atoms with E-state index in [2.05, 4.69) is 27.4 Å². The van der Waals surface area contributed by atoms with Gasteiger partial charge in [-0.25, -0.2) is 0 Å². The lowest BCUT2D eigenvalue weighted by molar-refractivity contribution is -0.121. The Labute approximate surface area is 193 Å². The molecule has 1 aromatic heterocycles. The van der Waals surface area contributed by atoms with Gasteiger partial charge in [0.15, 0.2) is 5.82 Å². The van der Waals surface area contributed by atoms with Crippen molar-refractivity contribution in [1.29, 1.82) is 0 Å². The van der Waals surface area contributed by atoms with Crippen molar-refractivity contribution in [2.75, 3.05) is 13.7 Å². The number of benzene rings is 2. The van der Waals surface area contributed by atoms with Gasteiger partial charge in [0.05, 0.1) is 13.2 Å². The highest BCUT2D eigenvalue weighted by molar-refractivity contribution is 5.76. The van der Waals surface area contributed by atoms with Gasteiger partial charge in [0.1, 0.15) is 17.2 Å². The van der Waals surface area contributed by atoms with E-state index in [-0.39, 0.29) is 36.1 Å². The van der Waals surface area contributed by atoms with E-state index in [1.54, 1.807) is 7.11 Å². The quantitative estimate of drug-likeness (QED) is 0.464. The number of hydrogen-bond acceptors (Lipinski definition) is 6. The summed E-state index contributed by atoms with van der Waals surface area (Å²) >= 11 is 0. The molecule has 3 aromatic rings. The van der Waals surface area contributed by atoms with Crippen LogP contribution in [0.1, 0.15) is 37.9 Å². The molecule has 1 atom stereocenters. The summed E-state index contributed by atoms with van der Waals surface area (Å²) in [5.41, 5.74) is 1.64. The van der Waals surface area contributed by atoms with Gasteiger partial charge in [-0.15, -0.1) is 10.2 Å². The first-order valence-electron chi connectivity index (χ1n) is 11.1. The summed E-state index contributed by atoms with van der Waals surface area (Å²) in [7, 11) is 1.62. The van der Waals surface area contributed by atoms with Crippen molar-refractivity contribution in [2.24, 2.45) is 0 Å². The number of aromatic amines is 1. The van der Waals surface area contributed by atoms with Crippen molar-refractivity contribution >= 4 is 5.91 Å². The summed E-state index contributed by atoms with van der Waals surface area (Å²) in [6.45, 7) is 4.56. The van der Waals surface area contributed by atoms with Crippen molar-refractivity contribution in [3.63, 3.8) is 0 Å². The van der Waals surface area contributed by atoms with E-state index in [4.69, 9.17) is 9.47 Å². The third-order valence-electron chi connectivity index (χ3n) is 5.30. The minimum atomic E-state index is -0.346. The van der Waals surface area contributed by atoms with Gasteiger partial charge in [0.2, 0.25) is 5.91 Å². The van der Waals surface area contributed by atoms with Crippen molar-refractivity contribution < 1.29 is 14.3 Å². The second-order valence-corrected chi connectivity index (χ2v) is 7.72. The molecule has 0 spiro atoms. The molecule has 0 saturated heterocycles. The van der Waals surface area contributed by atoms with E-state index in [0.717, 1.165) is 29.0 Å². The molecule has 1 heterocycles. The third kappa shape index (κ3) is 6.90. The van der Waals surface area contributed by atoms with Crippen LogP contribution in [0.5, 0.6) is 11.5 Å². The maximum Gasteiger partial charge on any atom is 0.273 e. The van der Waals surface area contributed by atoms with Crippen LogP contribution >= 0.6 is 0 Å². The maximum absolute atomic E-state index is 12.4. The second kappa shape index (κ2) is 11.8. The Kier molecular flexibility index (Phi) is 8.57. The van der Waals surface area contributed by atoms with Gasteiger partial charge < -0.3 is 19.8 Å². The lowest BCUT2D eigenvalue weighted by Gasteiger charge is -2.12. The summed E-state index contributed by atoms with van der Waals surface area (Å²) in [6.07, 6.45) is 2.08. The minimum Gasteiger partial charge on any atom is -0.496 e. The molecule has 0 saturated carbocycles. The van der Waals surface area contributed by atoms with E-state index >= 15 is 0 Å². The first-order valence-corrected chi connectivity index (χ1v) is 11.1. The van der Waals surface area contributed by atoms with Crippen molar-refractivity contribution in [3.05, 3.63) is 70.1 Å².